The van der Waals surface area contributed by atoms with E-state index in [2.05, 4.69) is 12.2 Å². The van der Waals surface area contributed by atoms with Crippen molar-refractivity contribution in [2.24, 2.45) is 0 Å². The van der Waals surface area contributed by atoms with Crippen LogP contribution >= 0.6 is 0 Å². The fourth-order valence-corrected chi connectivity index (χ4v) is 1.73. The zero-order valence-electron chi connectivity index (χ0n) is 12.1. The summed E-state index contributed by atoms with van der Waals surface area (Å²) in [6.45, 7) is 5.17. The molecule has 0 amide bonds. The van der Waals surface area contributed by atoms with Crippen molar-refractivity contribution in [3.63, 3.8) is 0 Å². The van der Waals surface area contributed by atoms with Crippen LogP contribution in [0.2, 0.25) is 0 Å². The van der Waals surface area contributed by atoms with E-state index < -0.39 is 0 Å². The average molecular weight is 267 g/mol. The van der Waals surface area contributed by atoms with Crippen molar-refractivity contribution in [1.82, 2.24) is 5.32 Å². The van der Waals surface area contributed by atoms with Gasteiger partial charge in [0.05, 0.1) is 26.4 Å². The summed E-state index contributed by atoms with van der Waals surface area (Å²) in [4.78, 5) is 0. The van der Waals surface area contributed by atoms with Crippen molar-refractivity contribution >= 4 is 0 Å². The maximum Gasteiger partial charge on any atom is 0.118 e. The lowest BCUT2D eigenvalue weighted by atomic mass is 10.2. The molecular formula is C15H25NO3. The van der Waals surface area contributed by atoms with Gasteiger partial charge in [-0.15, -0.1) is 0 Å². The van der Waals surface area contributed by atoms with E-state index in [1.165, 1.54) is 0 Å². The maximum absolute atomic E-state index is 5.86. The molecule has 1 aromatic carbocycles. The number of nitrogens with one attached hydrogen (secondary N) is 1. The minimum Gasteiger partial charge on any atom is -0.497 e. The zero-order chi connectivity index (χ0) is 13.9. The minimum absolute atomic E-state index is 0.0821. The molecule has 0 saturated carbocycles. The Hall–Kier alpha value is -1.10. The second-order valence-corrected chi connectivity index (χ2v) is 4.44. The molecule has 1 N–H and O–H groups in total. The lowest BCUT2D eigenvalue weighted by Crippen LogP contribution is -2.33. The summed E-state index contributed by atoms with van der Waals surface area (Å²) in [7, 11) is 3.36. The predicted octanol–water partition coefficient (Wildman–Crippen LogP) is 2.23. The minimum atomic E-state index is 0.0821. The molecule has 19 heavy (non-hydrogen) atoms. The quantitative estimate of drug-likeness (QED) is 0.660. The fraction of sp³-hybridized carbons (Fsp3) is 0.600. The monoisotopic (exact) mass is 267 g/mol. The van der Waals surface area contributed by atoms with Crippen LogP contribution in [-0.2, 0) is 16.1 Å². The van der Waals surface area contributed by atoms with Gasteiger partial charge in [0.1, 0.15) is 5.75 Å². The van der Waals surface area contributed by atoms with E-state index in [1.807, 2.05) is 24.3 Å². The van der Waals surface area contributed by atoms with E-state index in [0.717, 1.165) is 30.8 Å². The lowest BCUT2D eigenvalue weighted by molar-refractivity contribution is -0.0100. The molecule has 108 valence electrons. The summed E-state index contributed by atoms with van der Waals surface area (Å²) in [6.07, 6.45) is 1.21. The van der Waals surface area contributed by atoms with Crippen molar-refractivity contribution in [2.75, 3.05) is 33.9 Å². The van der Waals surface area contributed by atoms with Gasteiger partial charge in [0.15, 0.2) is 0 Å². The van der Waals surface area contributed by atoms with Crippen LogP contribution in [0.1, 0.15) is 18.9 Å². The fourth-order valence-electron chi connectivity index (χ4n) is 1.73. The first kappa shape index (κ1) is 16.0. The Bertz CT molecular complexity index is 327. The van der Waals surface area contributed by atoms with Gasteiger partial charge in [-0.25, -0.2) is 0 Å². The summed E-state index contributed by atoms with van der Waals surface area (Å²) in [5, 5.41) is 3.35. The van der Waals surface area contributed by atoms with Gasteiger partial charge in [0.2, 0.25) is 0 Å². The van der Waals surface area contributed by atoms with Crippen LogP contribution in [0.4, 0.5) is 0 Å². The molecule has 1 unspecified atom stereocenters. The predicted molar refractivity (Wildman–Crippen MR) is 76.6 cm³/mol. The van der Waals surface area contributed by atoms with Gasteiger partial charge in [-0.05, 0) is 30.7 Å². The van der Waals surface area contributed by atoms with Gasteiger partial charge in [0, 0.05) is 13.7 Å². The molecular weight excluding hydrogens is 242 g/mol. The Kier molecular flexibility index (Phi) is 8.21. The molecule has 0 aromatic heterocycles. The maximum atomic E-state index is 5.86. The highest BCUT2D eigenvalue weighted by Crippen LogP contribution is 2.12. The molecule has 4 heteroatoms. The van der Waals surface area contributed by atoms with Crippen molar-refractivity contribution in [1.29, 1.82) is 0 Å². The molecule has 1 aromatic rings. The van der Waals surface area contributed by atoms with Gasteiger partial charge < -0.3 is 19.5 Å². The van der Waals surface area contributed by atoms with Crippen LogP contribution in [0, 0.1) is 0 Å². The molecule has 0 bridgehead atoms. The zero-order valence-corrected chi connectivity index (χ0v) is 12.1. The standard InChI is InChI=1S/C15H25NO3/c1-4-9-16-10-15(12-17-2)19-11-13-5-7-14(18-3)8-6-13/h5-8,15-16H,4,9-12H2,1-3H3. The van der Waals surface area contributed by atoms with Gasteiger partial charge in [-0.3, -0.25) is 0 Å². The molecule has 0 aliphatic rings. The average Bonchev–Trinajstić information content (AvgIpc) is 2.45. The second kappa shape index (κ2) is 9.78. The first-order valence-corrected chi connectivity index (χ1v) is 6.74. The molecule has 0 heterocycles. The Morgan fingerprint density at radius 3 is 2.47 bits per heavy atom. The van der Waals surface area contributed by atoms with Crippen LogP contribution in [-0.4, -0.2) is 40.0 Å². The third-order valence-corrected chi connectivity index (χ3v) is 2.80. The molecule has 0 saturated heterocycles. The van der Waals surface area contributed by atoms with Crippen LogP contribution in [0.15, 0.2) is 24.3 Å². The first-order valence-electron chi connectivity index (χ1n) is 6.74. The summed E-state index contributed by atoms with van der Waals surface area (Å²) in [5.74, 6) is 0.863. The van der Waals surface area contributed by atoms with Gasteiger partial charge >= 0.3 is 0 Å². The summed E-state index contributed by atoms with van der Waals surface area (Å²) < 4.78 is 16.2. The van der Waals surface area contributed by atoms with Crippen LogP contribution < -0.4 is 10.1 Å². The van der Waals surface area contributed by atoms with E-state index in [-0.39, 0.29) is 6.10 Å². The number of methoxy groups -OCH3 is 2. The number of rotatable bonds is 10. The summed E-state index contributed by atoms with van der Waals surface area (Å²) >= 11 is 0. The highest BCUT2D eigenvalue weighted by molar-refractivity contribution is 5.26. The second-order valence-electron chi connectivity index (χ2n) is 4.44. The summed E-state index contributed by atoms with van der Waals surface area (Å²) in [5.41, 5.74) is 1.14. The van der Waals surface area contributed by atoms with E-state index in [0.29, 0.717) is 13.2 Å². The van der Waals surface area contributed by atoms with Crippen LogP contribution in [0.3, 0.4) is 0 Å². The van der Waals surface area contributed by atoms with Crippen molar-refractivity contribution < 1.29 is 14.2 Å². The number of ether oxygens (including phenoxy) is 3. The molecule has 0 fully saturated rings. The largest absolute Gasteiger partial charge is 0.497 e. The Labute approximate surface area is 116 Å². The molecule has 0 aliphatic carbocycles. The van der Waals surface area contributed by atoms with Crippen molar-refractivity contribution in [3.05, 3.63) is 29.8 Å². The van der Waals surface area contributed by atoms with Gasteiger partial charge in [-0.1, -0.05) is 19.1 Å². The van der Waals surface area contributed by atoms with Crippen LogP contribution in [0.5, 0.6) is 5.75 Å². The van der Waals surface area contributed by atoms with E-state index in [4.69, 9.17) is 14.2 Å². The Balaban J connectivity index is 2.36. The normalized spacial score (nSPS) is 12.4. The van der Waals surface area contributed by atoms with E-state index in [1.54, 1.807) is 14.2 Å². The van der Waals surface area contributed by atoms with E-state index >= 15 is 0 Å². The highest BCUT2D eigenvalue weighted by Gasteiger charge is 2.08. The first-order chi connectivity index (χ1) is 9.30. The molecule has 0 radical (unpaired) electrons. The number of hydrogen-bond acceptors (Lipinski definition) is 4. The smallest absolute Gasteiger partial charge is 0.118 e. The highest BCUT2D eigenvalue weighted by atomic mass is 16.5. The topological polar surface area (TPSA) is 39.7 Å². The van der Waals surface area contributed by atoms with E-state index in [9.17, 15) is 0 Å². The lowest BCUT2D eigenvalue weighted by Gasteiger charge is -2.17. The summed E-state index contributed by atoms with van der Waals surface area (Å²) in [6, 6.07) is 7.92. The number of benzene rings is 1. The third kappa shape index (κ3) is 6.57. The SMILES string of the molecule is CCCNCC(COC)OCc1ccc(OC)cc1. The van der Waals surface area contributed by atoms with Crippen molar-refractivity contribution in [3.8, 4) is 5.75 Å². The Morgan fingerprint density at radius 2 is 1.89 bits per heavy atom. The van der Waals surface area contributed by atoms with Crippen LogP contribution in [0.25, 0.3) is 0 Å². The Morgan fingerprint density at radius 1 is 1.16 bits per heavy atom. The molecule has 0 spiro atoms. The van der Waals surface area contributed by atoms with Crippen molar-refractivity contribution in [2.45, 2.75) is 26.1 Å². The molecule has 1 atom stereocenters. The molecule has 1 rings (SSSR count). The van der Waals surface area contributed by atoms with Gasteiger partial charge in [-0.2, -0.15) is 0 Å². The van der Waals surface area contributed by atoms with Gasteiger partial charge in [0.25, 0.3) is 0 Å². The number of hydrogen-bond donors (Lipinski definition) is 1. The molecule has 0 aliphatic heterocycles. The molecule has 4 nitrogen and oxygen atoms in total. The third-order valence-electron chi connectivity index (χ3n) is 2.80.